The third kappa shape index (κ3) is 4.23. The highest BCUT2D eigenvalue weighted by atomic mass is 16.2. The van der Waals surface area contributed by atoms with E-state index in [2.05, 4.69) is 39.9 Å². The van der Waals surface area contributed by atoms with Crippen LogP contribution in [0.5, 0.6) is 0 Å². The van der Waals surface area contributed by atoms with Crippen LogP contribution in [0, 0.1) is 10.8 Å². The maximum Gasteiger partial charge on any atom is 0.225 e. The Kier molecular flexibility index (Phi) is 5.33. The zero-order chi connectivity index (χ0) is 12.1. The topological polar surface area (TPSA) is 29.1 Å². The molecule has 0 saturated heterocycles. The maximum absolute atomic E-state index is 12.0. The summed E-state index contributed by atoms with van der Waals surface area (Å²) in [7, 11) is 0. The van der Waals surface area contributed by atoms with Crippen LogP contribution >= 0.6 is 0 Å². The molecule has 0 aliphatic heterocycles. The van der Waals surface area contributed by atoms with Crippen LogP contribution in [0.1, 0.15) is 60.8 Å². The van der Waals surface area contributed by atoms with E-state index >= 15 is 0 Å². The van der Waals surface area contributed by atoms with E-state index in [1.807, 2.05) is 6.92 Å². The highest BCUT2D eigenvalue weighted by molar-refractivity contribution is 5.82. The van der Waals surface area contributed by atoms with Crippen molar-refractivity contribution in [2.24, 2.45) is 10.8 Å². The third-order valence-corrected chi connectivity index (χ3v) is 3.49. The van der Waals surface area contributed by atoms with Gasteiger partial charge in [-0.2, -0.15) is 0 Å². The summed E-state index contributed by atoms with van der Waals surface area (Å²) in [5, 5.41) is 2.94. The third-order valence-electron chi connectivity index (χ3n) is 3.49. The van der Waals surface area contributed by atoms with Gasteiger partial charge in [-0.25, -0.2) is 0 Å². The molecule has 1 N–H and O–H groups in total. The van der Waals surface area contributed by atoms with Gasteiger partial charge in [0.1, 0.15) is 0 Å². The summed E-state index contributed by atoms with van der Waals surface area (Å²) in [6, 6.07) is 0. The van der Waals surface area contributed by atoms with E-state index in [1.54, 1.807) is 0 Å². The van der Waals surface area contributed by atoms with Crippen molar-refractivity contribution in [2.75, 3.05) is 6.54 Å². The molecule has 0 bridgehead atoms. The number of carbonyl (C=O) groups is 1. The van der Waals surface area contributed by atoms with Crippen LogP contribution in [0.15, 0.2) is 0 Å². The molecule has 0 saturated carbocycles. The zero-order valence-corrected chi connectivity index (χ0v) is 11.2. The van der Waals surface area contributed by atoms with Crippen molar-refractivity contribution in [3.63, 3.8) is 0 Å². The number of rotatable bonds is 6. The van der Waals surface area contributed by atoms with E-state index in [4.69, 9.17) is 0 Å². The minimum atomic E-state index is -0.213. The Morgan fingerprint density at radius 2 is 1.60 bits per heavy atom. The number of carbonyl (C=O) groups excluding carboxylic acids is 1. The molecule has 1 unspecified atom stereocenters. The molecule has 1 amide bonds. The van der Waals surface area contributed by atoms with Gasteiger partial charge in [0.05, 0.1) is 0 Å². The van der Waals surface area contributed by atoms with Crippen LogP contribution in [0.3, 0.4) is 0 Å². The largest absolute Gasteiger partial charge is 0.356 e. The molecule has 2 heteroatoms. The fraction of sp³-hybridized carbons (Fsp3) is 0.923. The molecule has 90 valence electrons. The van der Waals surface area contributed by atoms with Crippen LogP contribution in [0.2, 0.25) is 0 Å². The summed E-state index contributed by atoms with van der Waals surface area (Å²) in [4.78, 5) is 12.0. The Morgan fingerprint density at radius 3 is 1.93 bits per heavy atom. The normalized spacial score (nSPS) is 15.9. The summed E-state index contributed by atoms with van der Waals surface area (Å²) < 4.78 is 0. The fourth-order valence-corrected chi connectivity index (χ4v) is 1.92. The summed E-state index contributed by atoms with van der Waals surface area (Å²) in [5.41, 5.74) is 0.0331. The molecule has 1 atom stereocenters. The van der Waals surface area contributed by atoms with E-state index < -0.39 is 0 Å². The van der Waals surface area contributed by atoms with Crippen molar-refractivity contribution < 1.29 is 4.79 Å². The molecule has 0 rings (SSSR count). The average molecular weight is 213 g/mol. The lowest BCUT2D eigenvalue weighted by Gasteiger charge is -2.35. The molecule has 0 aromatic rings. The van der Waals surface area contributed by atoms with E-state index in [0.717, 1.165) is 25.8 Å². The smallest absolute Gasteiger partial charge is 0.225 e. The van der Waals surface area contributed by atoms with Crippen molar-refractivity contribution in [2.45, 2.75) is 60.8 Å². The van der Waals surface area contributed by atoms with E-state index in [1.165, 1.54) is 0 Å². The molecule has 0 spiro atoms. The Balaban J connectivity index is 4.63. The Hall–Kier alpha value is -0.530. The minimum absolute atomic E-state index is 0.203. The first kappa shape index (κ1) is 14.5. The zero-order valence-electron chi connectivity index (χ0n) is 11.2. The van der Waals surface area contributed by atoms with E-state index in [-0.39, 0.29) is 16.7 Å². The molecule has 0 fully saturated rings. The predicted molar refractivity (Wildman–Crippen MR) is 65.8 cm³/mol. The van der Waals surface area contributed by atoms with Gasteiger partial charge in [0.2, 0.25) is 5.91 Å². The molecule has 0 aromatic carbocycles. The van der Waals surface area contributed by atoms with E-state index in [0.29, 0.717) is 0 Å². The maximum atomic E-state index is 12.0. The summed E-state index contributed by atoms with van der Waals surface area (Å²) in [5.74, 6) is 0.203. The minimum Gasteiger partial charge on any atom is -0.356 e. The van der Waals surface area contributed by atoms with Gasteiger partial charge in [0.15, 0.2) is 0 Å². The molecule has 0 heterocycles. The number of nitrogens with one attached hydrogen (secondary N) is 1. The molecular formula is C13H27NO. The quantitative estimate of drug-likeness (QED) is 0.720. The van der Waals surface area contributed by atoms with Gasteiger partial charge in [-0.3, -0.25) is 4.79 Å². The van der Waals surface area contributed by atoms with Crippen molar-refractivity contribution >= 4 is 5.91 Å². The summed E-state index contributed by atoms with van der Waals surface area (Å²) >= 11 is 0. The van der Waals surface area contributed by atoms with Crippen molar-refractivity contribution in [1.29, 1.82) is 0 Å². The Bertz CT molecular complexity index is 211. The van der Waals surface area contributed by atoms with Gasteiger partial charge in [-0.15, -0.1) is 0 Å². The standard InChI is InChI=1S/C13H27NO/c1-7-12(4,5)10-13(6,8-2)11(15)14-9-3/h7-10H2,1-6H3,(H,14,15). The molecule has 0 aliphatic carbocycles. The second kappa shape index (κ2) is 5.53. The highest BCUT2D eigenvalue weighted by Gasteiger charge is 2.36. The van der Waals surface area contributed by atoms with Crippen LogP contribution in [-0.2, 0) is 4.79 Å². The second-order valence-electron chi connectivity index (χ2n) is 5.47. The molecular weight excluding hydrogens is 186 g/mol. The number of amides is 1. The van der Waals surface area contributed by atoms with Gasteiger partial charge in [-0.1, -0.05) is 41.0 Å². The summed E-state index contributed by atoms with van der Waals surface area (Å²) in [6.45, 7) is 13.5. The highest BCUT2D eigenvalue weighted by Crippen LogP contribution is 2.38. The molecule has 2 nitrogen and oxygen atoms in total. The van der Waals surface area contributed by atoms with Crippen LogP contribution in [0.4, 0.5) is 0 Å². The molecule has 0 radical (unpaired) electrons. The second-order valence-corrected chi connectivity index (χ2v) is 5.47. The average Bonchev–Trinajstić information content (AvgIpc) is 2.17. The fourth-order valence-electron chi connectivity index (χ4n) is 1.92. The van der Waals surface area contributed by atoms with E-state index in [9.17, 15) is 4.79 Å². The lowest BCUT2D eigenvalue weighted by molar-refractivity contribution is -0.132. The van der Waals surface area contributed by atoms with Crippen LogP contribution < -0.4 is 5.32 Å². The summed E-state index contributed by atoms with van der Waals surface area (Å²) in [6.07, 6.45) is 2.98. The first-order chi connectivity index (χ1) is 6.81. The molecule has 0 aromatic heterocycles. The van der Waals surface area contributed by atoms with Crippen molar-refractivity contribution in [3.8, 4) is 0 Å². The van der Waals surface area contributed by atoms with Gasteiger partial charge >= 0.3 is 0 Å². The molecule has 0 aliphatic rings. The van der Waals surface area contributed by atoms with Gasteiger partial charge in [0, 0.05) is 12.0 Å². The SMILES string of the molecule is CCNC(=O)C(C)(CC)CC(C)(C)CC. The number of hydrogen-bond acceptors (Lipinski definition) is 1. The first-order valence-corrected chi connectivity index (χ1v) is 6.09. The van der Waals surface area contributed by atoms with Gasteiger partial charge in [-0.05, 0) is 25.2 Å². The van der Waals surface area contributed by atoms with Crippen molar-refractivity contribution in [3.05, 3.63) is 0 Å². The Labute approximate surface area is 94.8 Å². The lowest BCUT2D eigenvalue weighted by atomic mass is 9.71. The predicted octanol–water partition coefficient (Wildman–Crippen LogP) is 3.37. The first-order valence-electron chi connectivity index (χ1n) is 6.09. The molecule has 15 heavy (non-hydrogen) atoms. The lowest BCUT2D eigenvalue weighted by Crippen LogP contribution is -2.41. The van der Waals surface area contributed by atoms with Gasteiger partial charge < -0.3 is 5.32 Å². The Morgan fingerprint density at radius 1 is 1.07 bits per heavy atom. The monoisotopic (exact) mass is 213 g/mol. The van der Waals surface area contributed by atoms with Gasteiger partial charge in [0.25, 0.3) is 0 Å². The van der Waals surface area contributed by atoms with Crippen LogP contribution in [-0.4, -0.2) is 12.5 Å². The van der Waals surface area contributed by atoms with Crippen LogP contribution in [0.25, 0.3) is 0 Å². The number of hydrogen-bond donors (Lipinski definition) is 1. The van der Waals surface area contributed by atoms with Crippen molar-refractivity contribution in [1.82, 2.24) is 5.32 Å².